The SMILES string of the molecule is COC(=O)c1sc2nc(SC)nc(OC(C)(C)C)c2c1OS(=O)(=O)C(F)(F)F. The lowest BCUT2D eigenvalue weighted by Gasteiger charge is -2.21. The van der Waals surface area contributed by atoms with E-state index in [4.69, 9.17) is 4.74 Å². The third-order valence-corrected chi connectivity index (χ3v) is 5.43. The number of hydrogen-bond acceptors (Lipinski definition) is 10. The van der Waals surface area contributed by atoms with Crippen LogP contribution >= 0.6 is 23.1 Å². The molecule has 0 spiro atoms. The topological polar surface area (TPSA) is 105 Å². The maximum absolute atomic E-state index is 12.8. The molecule has 0 aliphatic rings. The molecule has 28 heavy (non-hydrogen) atoms. The molecule has 0 fully saturated rings. The molecule has 2 aromatic rings. The van der Waals surface area contributed by atoms with E-state index in [9.17, 15) is 26.4 Å². The molecule has 2 aromatic heterocycles. The molecular formula is C14H15F3N2O6S3. The number of hydrogen-bond donors (Lipinski definition) is 0. The first-order chi connectivity index (χ1) is 12.7. The van der Waals surface area contributed by atoms with Crippen molar-refractivity contribution in [1.29, 1.82) is 0 Å². The Morgan fingerprint density at radius 2 is 1.79 bits per heavy atom. The number of thiophene rings is 1. The maximum Gasteiger partial charge on any atom is 0.534 e. The van der Waals surface area contributed by atoms with Crippen LogP contribution in [0.1, 0.15) is 30.4 Å². The lowest BCUT2D eigenvalue weighted by molar-refractivity contribution is -0.0500. The highest BCUT2D eigenvalue weighted by Gasteiger charge is 2.49. The van der Waals surface area contributed by atoms with E-state index < -0.39 is 37.8 Å². The van der Waals surface area contributed by atoms with Crippen LogP contribution in [0.25, 0.3) is 10.2 Å². The minimum atomic E-state index is -6.07. The molecule has 0 atom stereocenters. The summed E-state index contributed by atoms with van der Waals surface area (Å²) >= 11 is 1.72. The number of rotatable bonds is 5. The van der Waals surface area contributed by atoms with Crippen molar-refractivity contribution in [2.24, 2.45) is 0 Å². The second-order valence-corrected chi connectivity index (χ2v) is 9.46. The predicted octanol–water partition coefficient (Wildman–Crippen LogP) is 3.61. The van der Waals surface area contributed by atoms with Crippen LogP contribution in [0.3, 0.4) is 0 Å². The van der Waals surface area contributed by atoms with Gasteiger partial charge < -0.3 is 13.7 Å². The highest BCUT2D eigenvalue weighted by Crippen LogP contribution is 2.45. The molecule has 0 bridgehead atoms. The fourth-order valence-corrected chi connectivity index (χ4v) is 3.80. The number of carbonyl (C=O) groups excluding carboxylic acids is 1. The number of thioether (sulfide) groups is 1. The summed E-state index contributed by atoms with van der Waals surface area (Å²) in [6.07, 6.45) is 1.66. The number of carbonyl (C=O) groups is 1. The molecule has 2 rings (SSSR count). The van der Waals surface area contributed by atoms with Gasteiger partial charge in [0.05, 0.1) is 7.11 Å². The van der Waals surface area contributed by atoms with Crippen LogP contribution in [0.4, 0.5) is 13.2 Å². The Labute approximate surface area is 166 Å². The largest absolute Gasteiger partial charge is 0.534 e. The standard InChI is InChI=1S/C14H15F3N2O6S3/c1-13(2,3)24-9-6-7(25-28(21,22)14(15,16)17)8(11(20)23-4)27-10(6)19-12(18-9)26-5/h1-5H3. The first-order valence-electron chi connectivity index (χ1n) is 7.36. The van der Waals surface area contributed by atoms with Crippen molar-refractivity contribution in [2.45, 2.75) is 37.0 Å². The summed E-state index contributed by atoms with van der Waals surface area (Å²) in [5.74, 6) is -2.21. The van der Waals surface area contributed by atoms with Gasteiger partial charge in [0.1, 0.15) is 15.8 Å². The zero-order valence-electron chi connectivity index (χ0n) is 15.2. The summed E-state index contributed by atoms with van der Waals surface area (Å²) < 4.78 is 76.1. The van der Waals surface area contributed by atoms with E-state index in [1.165, 1.54) is 0 Å². The van der Waals surface area contributed by atoms with Crippen LogP contribution in [0.15, 0.2) is 5.16 Å². The van der Waals surface area contributed by atoms with Crippen LogP contribution in [-0.2, 0) is 14.9 Å². The van der Waals surface area contributed by atoms with Crippen molar-refractivity contribution in [2.75, 3.05) is 13.4 Å². The Kier molecular flexibility index (Phi) is 6.07. The molecule has 0 aliphatic heterocycles. The van der Waals surface area contributed by atoms with Crippen molar-refractivity contribution >= 4 is 49.4 Å². The van der Waals surface area contributed by atoms with Gasteiger partial charge in [-0.15, -0.1) is 11.3 Å². The van der Waals surface area contributed by atoms with Gasteiger partial charge in [-0.25, -0.2) is 9.78 Å². The second-order valence-electron chi connectivity index (χ2n) is 6.15. The lowest BCUT2D eigenvalue weighted by Crippen LogP contribution is -2.28. The van der Waals surface area contributed by atoms with Gasteiger partial charge in [0.15, 0.2) is 15.8 Å². The highest BCUT2D eigenvalue weighted by atomic mass is 32.2. The molecule has 0 saturated carbocycles. The Balaban J connectivity index is 2.86. The average molecular weight is 460 g/mol. The van der Waals surface area contributed by atoms with Crippen LogP contribution in [0.5, 0.6) is 11.6 Å². The number of methoxy groups -OCH3 is 1. The zero-order chi connectivity index (χ0) is 21.5. The number of ether oxygens (including phenoxy) is 2. The minimum absolute atomic E-state index is 0.00590. The Hall–Kier alpha value is -1.80. The van der Waals surface area contributed by atoms with Gasteiger partial charge in [-0.1, -0.05) is 11.8 Å². The Morgan fingerprint density at radius 3 is 2.25 bits per heavy atom. The molecule has 0 aliphatic carbocycles. The van der Waals surface area contributed by atoms with Gasteiger partial charge in [-0.3, -0.25) is 0 Å². The molecule has 0 radical (unpaired) electrons. The van der Waals surface area contributed by atoms with Crippen LogP contribution < -0.4 is 8.92 Å². The number of aromatic nitrogens is 2. The van der Waals surface area contributed by atoms with Crippen molar-refractivity contribution < 1.29 is 40.0 Å². The van der Waals surface area contributed by atoms with E-state index in [1.807, 2.05) is 0 Å². The molecule has 0 N–H and O–H groups in total. The van der Waals surface area contributed by atoms with E-state index in [2.05, 4.69) is 18.9 Å². The zero-order valence-corrected chi connectivity index (χ0v) is 17.7. The summed E-state index contributed by atoms with van der Waals surface area (Å²) in [4.78, 5) is 19.7. The smallest absolute Gasteiger partial charge is 0.471 e. The summed E-state index contributed by atoms with van der Waals surface area (Å²) in [5, 5.41) is -0.0689. The fraction of sp³-hybridized carbons (Fsp3) is 0.500. The summed E-state index contributed by atoms with van der Waals surface area (Å²) in [6.45, 7) is 4.96. The van der Waals surface area contributed by atoms with E-state index >= 15 is 0 Å². The first-order valence-corrected chi connectivity index (χ1v) is 10.8. The summed E-state index contributed by atoms with van der Waals surface area (Å²) in [7, 11) is -5.08. The minimum Gasteiger partial charge on any atom is -0.471 e. The molecule has 8 nitrogen and oxygen atoms in total. The maximum atomic E-state index is 12.8. The lowest BCUT2D eigenvalue weighted by atomic mass is 10.2. The molecule has 0 amide bonds. The van der Waals surface area contributed by atoms with Gasteiger partial charge >= 0.3 is 21.6 Å². The Morgan fingerprint density at radius 1 is 1.18 bits per heavy atom. The summed E-state index contributed by atoms with van der Waals surface area (Å²) in [5.41, 5.74) is -6.55. The fourth-order valence-electron chi connectivity index (χ4n) is 1.85. The molecule has 156 valence electrons. The number of fused-ring (bicyclic) bond motifs is 1. The predicted molar refractivity (Wildman–Crippen MR) is 96.5 cm³/mol. The molecule has 0 saturated heterocycles. The number of alkyl halides is 3. The van der Waals surface area contributed by atoms with Crippen molar-refractivity contribution in [3.05, 3.63) is 4.88 Å². The second kappa shape index (κ2) is 7.55. The van der Waals surface area contributed by atoms with Gasteiger partial charge in [0.2, 0.25) is 5.88 Å². The van der Waals surface area contributed by atoms with Crippen LogP contribution in [-0.4, -0.2) is 48.8 Å². The van der Waals surface area contributed by atoms with E-state index in [-0.39, 0.29) is 21.3 Å². The number of halogens is 3. The molecule has 2 heterocycles. The molecular weight excluding hydrogens is 445 g/mol. The first kappa shape index (κ1) is 22.5. The Bertz CT molecular complexity index is 1010. The van der Waals surface area contributed by atoms with Gasteiger partial charge in [0, 0.05) is 0 Å². The third-order valence-electron chi connectivity index (χ3n) is 2.89. The third kappa shape index (κ3) is 4.60. The molecule has 0 aromatic carbocycles. The molecule has 0 unspecified atom stereocenters. The molecule has 14 heteroatoms. The average Bonchev–Trinajstić information content (AvgIpc) is 2.89. The van der Waals surface area contributed by atoms with Gasteiger partial charge in [0.25, 0.3) is 0 Å². The quantitative estimate of drug-likeness (QED) is 0.218. The van der Waals surface area contributed by atoms with Gasteiger partial charge in [-0.2, -0.15) is 26.6 Å². The van der Waals surface area contributed by atoms with Crippen molar-refractivity contribution in [3.63, 3.8) is 0 Å². The number of esters is 1. The normalized spacial score (nSPS) is 12.9. The number of nitrogens with zero attached hydrogens (tertiary/aromatic N) is 2. The summed E-state index contributed by atoms with van der Waals surface area (Å²) in [6, 6.07) is 0. The van der Waals surface area contributed by atoms with Crippen LogP contribution in [0.2, 0.25) is 0 Å². The van der Waals surface area contributed by atoms with Crippen LogP contribution in [0, 0.1) is 0 Å². The monoisotopic (exact) mass is 460 g/mol. The van der Waals surface area contributed by atoms with E-state index in [0.29, 0.717) is 11.3 Å². The van der Waals surface area contributed by atoms with E-state index in [1.54, 1.807) is 27.0 Å². The van der Waals surface area contributed by atoms with E-state index in [0.717, 1.165) is 18.9 Å². The highest BCUT2D eigenvalue weighted by molar-refractivity contribution is 7.98. The van der Waals surface area contributed by atoms with Crippen molar-refractivity contribution in [3.8, 4) is 11.6 Å². The van der Waals surface area contributed by atoms with Crippen molar-refractivity contribution in [1.82, 2.24) is 9.97 Å². The van der Waals surface area contributed by atoms with Gasteiger partial charge in [-0.05, 0) is 27.0 Å².